The first-order valence-electron chi connectivity index (χ1n) is 11.1. The highest BCUT2D eigenvalue weighted by Gasteiger charge is 2.67. The van der Waals surface area contributed by atoms with Gasteiger partial charge in [0.15, 0.2) is 0 Å². The van der Waals surface area contributed by atoms with Crippen LogP contribution in [0, 0.1) is 5.41 Å². The number of benzene rings is 1. The third kappa shape index (κ3) is 5.05. The largest absolute Gasteiger partial charge is 0.395 e. The summed E-state index contributed by atoms with van der Waals surface area (Å²) in [5.74, 6) is -1.34. The number of nitrogens with zero attached hydrogens (tertiary/aromatic N) is 3. The molecule has 0 radical (unpaired) electrons. The maximum atomic E-state index is 13.9. The second-order valence-corrected chi connectivity index (χ2v) is 9.62. The van der Waals surface area contributed by atoms with Crippen LogP contribution in [-0.2, 0) is 11.2 Å². The second-order valence-electron chi connectivity index (χ2n) is 9.22. The Balaban J connectivity index is 1.45. The second kappa shape index (κ2) is 9.54. The number of carbonyl (C=O) groups excluding carboxylic acids is 1. The number of rotatable bonds is 9. The fourth-order valence-electron chi connectivity index (χ4n) is 4.54. The van der Waals surface area contributed by atoms with Crippen LogP contribution in [-0.4, -0.2) is 58.8 Å². The van der Waals surface area contributed by atoms with Crippen molar-refractivity contribution in [1.29, 1.82) is 0 Å². The molecule has 1 aliphatic carbocycles. The summed E-state index contributed by atoms with van der Waals surface area (Å²) in [5.41, 5.74) is 0.390. The van der Waals surface area contributed by atoms with E-state index in [2.05, 4.69) is 20.5 Å². The molecule has 2 heterocycles. The van der Waals surface area contributed by atoms with Gasteiger partial charge in [0.05, 0.1) is 17.1 Å². The lowest BCUT2D eigenvalue weighted by molar-refractivity contribution is -0.194. The summed E-state index contributed by atoms with van der Waals surface area (Å²) in [6.45, 7) is 0.285. The Bertz CT molecular complexity index is 1140. The van der Waals surface area contributed by atoms with Crippen molar-refractivity contribution in [3.63, 3.8) is 0 Å². The fourth-order valence-corrected chi connectivity index (χ4v) is 4.78. The number of likely N-dealkylation sites (N-methyl/N-ethyl adjacent to an activating group) is 1. The Hall–Kier alpha value is -2.65. The van der Waals surface area contributed by atoms with Gasteiger partial charge in [-0.05, 0) is 68.8 Å². The Morgan fingerprint density at radius 3 is 2.59 bits per heavy atom. The van der Waals surface area contributed by atoms with Gasteiger partial charge in [-0.3, -0.25) is 14.9 Å². The molecular formula is C24H27ClF3N5O. The molecule has 6 nitrogen and oxygen atoms in total. The molecule has 10 heteroatoms. The zero-order chi connectivity index (χ0) is 24.5. The van der Waals surface area contributed by atoms with Crippen molar-refractivity contribution in [3.8, 4) is 0 Å². The van der Waals surface area contributed by atoms with Crippen molar-refractivity contribution >= 4 is 28.4 Å². The highest BCUT2D eigenvalue weighted by molar-refractivity contribution is 6.32. The van der Waals surface area contributed by atoms with Gasteiger partial charge < -0.3 is 10.2 Å². The first-order valence-corrected chi connectivity index (χ1v) is 11.5. The number of carbonyl (C=O) groups is 1. The van der Waals surface area contributed by atoms with Crippen LogP contribution in [0.15, 0.2) is 42.9 Å². The fraction of sp³-hybridized carbons (Fsp3) is 0.458. The lowest BCUT2D eigenvalue weighted by Crippen LogP contribution is -2.42. The number of aromatic amines is 1. The van der Waals surface area contributed by atoms with Gasteiger partial charge >= 0.3 is 6.18 Å². The molecule has 1 aliphatic rings. The topological polar surface area (TPSA) is 73.9 Å². The van der Waals surface area contributed by atoms with Crippen molar-refractivity contribution in [2.24, 2.45) is 5.41 Å². The summed E-state index contributed by atoms with van der Waals surface area (Å²) < 4.78 is 41.7. The van der Waals surface area contributed by atoms with Crippen LogP contribution in [0.3, 0.4) is 0 Å². The van der Waals surface area contributed by atoms with Crippen LogP contribution in [0.2, 0.25) is 5.02 Å². The van der Waals surface area contributed by atoms with Gasteiger partial charge in [-0.25, -0.2) is 0 Å². The minimum Gasteiger partial charge on any atom is -0.355 e. The molecule has 1 fully saturated rings. The van der Waals surface area contributed by atoms with E-state index in [1.54, 1.807) is 18.3 Å². The van der Waals surface area contributed by atoms with E-state index in [1.807, 2.05) is 31.1 Å². The van der Waals surface area contributed by atoms with Gasteiger partial charge in [0.1, 0.15) is 0 Å². The highest BCUT2D eigenvalue weighted by Crippen LogP contribution is 2.66. The molecule has 1 saturated carbocycles. The monoisotopic (exact) mass is 493 g/mol. The lowest BCUT2D eigenvalue weighted by atomic mass is 9.80. The Kier molecular flexibility index (Phi) is 6.87. The van der Waals surface area contributed by atoms with Crippen LogP contribution in [0.25, 0.3) is 10.9 Å². The summed E-state index contributed by atoms with van der Waals surface area (Å²) in [5, 5.41) is 11.3. The molecule has 4 rings (SSSR count). The number of aromatic nitrogens is 3. The summed E-state index contributed by atoms with van der Waals surface area (Å²) in [4.78, 5) is 18.7. The molecule has 3 aromatic rings. The molecule has 2 atom stereocenters. The molecule has 1 amide bonds. The van der Waals surface area contributed by atoms with Gasteiger partial charge in [0.25, 0.3) is 0 Å². The van der Waals surface area contributed by atoms with Gasteiger partial charge in [0.2, 0.25) is 5.91 Å². The standard InChI is InChI=1S/C24H27ClF3N5O/c1-33(2)18(10-16-9-17-13-31-32-21(17)12-20(16)25)14-30-22(34)11-19(15-3-7-29-8-4-15)23(5-6-23)24(26,27)28/h3-4,7-9,12-13,18-19H,5-6,10-11,14H2,1-2H3,(H,30,34)(H,31,32)/t18-,19-/m0/s1. The van der Waals surface area contributed by atoms with Crippen molar-refractivity contribution in [2.45, 2.75) is 43.8 Å². The molecular weight excluding hydrogens is 467 g/mol. The molecule has 0 bridgehead atoms. The van der Waals surface area contributed by atoms with Gasteiger partial charge in [-0.2, -0.15) is 18.3 Å². The third-order valence-electron chi connectivity index (χ3n) is 6.85. The van der Waals surface area contributed by atoms with Crippen LogP contribution >= 0.6 is 11.6 Å². The van der Waals surface area contributed by atoms with Gasteiger partial charge in [-0.15, -0.1) is 0 Å². The number of hydrogen-bond donors (Lipinski definition) is 2. The number of H-pyrrole nitrogens is 1. The summed E-state index contributed by atoms with van der Waals surface area (Å²) in [6, 6.07) is 6.82. The lowest BCUT2D eigenvalue weighted by Gasteiger charge is -2.30. The molecule has 0 spiro atoms. The van der Waals surface area contributed by atoms with E-state index in [0.717, 1.165) is 16.5 Å². The van der Waals surface area contributed by atoms with E-state index >= 15 is 0 Å². The van der Waals surface area contributed by atoms with Crippen LogP contribution in [0.5, 0.6) is 0 Å². The molecule has 0 saturated heterocycles. The van der Waals surface area contributed by atoms with Crippen LogP contribution < -0.4 is 5.32 Å². The molecule has 0 unspecified atom stereocenters. The molecule has 182 valence electrons. The molecule has 2 N–H and O–H groups in total. The van der Waals surface area contributed by atoms with E-state index in [9.17, 15) is 18.0 Å². The average Bonchev–Trinajstić information content (AvgIpc) is 3.49. The zero-order valence-electron chi connectivity index (χ0n) is 19.0. The Morgan fingerprint density at radius 1 is 1.26 bits per heavy atom. The van der Waals surface area contributed by atoms with Crippen LogP contribution in [0.4, 0.5) is 13.2 Å². The Labute approximate surface area is 200 Å². The normalized spacial score (nSPS) is 17.0. The number of amides is 1. The van der Waals surface area contributed by atoms with E-state index in [1.165, 1.54) is 12.4 Å². The minimum absolute atomic E-state index is 0.0338. The van der Waals surface area contributed by atoms with Crippen molar-refractivity contribution in [1.82, 2.24) is 25.4 Å². The summed E-state index contributed by atoms with van der Waals surface area (Å²) in [7, 11) is 3.79. The number of halogens is 4. The average molecular weight is 494 g/mol. The summed E-state index contributed by atoms with van der Waals surface area (Å²) in [6.07, 6.45) is 0.687. The molecule has 2 aromatic heterocycles. The number of pyridine rings is 1. The number of nitrogens with one attached hydrogen (secondary N) is 2. The summed E-state index contributed by atoms with van der Waals surface area (Å²) >= 11 is 6.44. The molecule has 0 aliphatic heterocycles. The van der Waals surface area contributed by atoms with Gasteiger partial charge in [-0.1, -0.05) is 11.6 Å². The van der Waals surface area contributed by atoms with Crippen molar-refractivity contribution in [3.05, 3.63) is 59.0 Å². The maximum Gasteiger partial charge on any atom is 0.395 e. The van der Waals surface area contributed by atoms with E-state index in [0.29, 0.717) is 17.0 Å². The molecule has 1 aromatic carbocycles. The van der Waals surface area contributed by atoms with E-state index in [4.69, 9.17) is 11.6 Å². The third-order valence-corrected chi connectivity index (χ3v) is 7.20. The zero-order valence-corrected chi connectivity index (χ0v) is 19.7. The Morgan fingerprint density at radius 2 is 1.97 bits per heavy atom. The number of fused-ring (bicyclic) bond motifs is 1. The predicted octanol–water partition coefficient (Wildman–Crippen LogP) is 4.72. The van der Waals surface area contributed by atoms with Crippen LogP contribution in [0.1, 0.15) is 36.3 Å². The highest BCUT2D eigenvalue weighted by atomic mass is 35.5. The first-order chi connectivity index (χ1) is 16.1. The first kappa shape index (κ1) is 24.5. The SMILES string of the molecule is CN(C)[C@H](CNC(=O)C[C@@H](c1ccncc1)C1(C(F)(F)F)CC1)Cc1cc2cn[nH]c2cc1Cl. The van der Waals surface area contributed by atoms with Crippen molar-refractivity contribution in [2.75, 3.05) is 20.6 Å². The van der Waals surface area contributed by atoms with Crippen molar-refractivity contribution < 1.29 is 18.0 Å². The van der Waals surface area contributed by atoms with E-state index < -0.39 is 23.4 Å². The van der Waals surface area contributed by atoms with Gasteiger partial charge in [0, 0.05) is 47.7 Å². The maximum absolute atomic E-state index is 13.9. The number of hydrogen-bond acceptors (Lipinski definition) is 4. The predicted molar refractivity (Wildman–Crippen MR) is 125 cm³/mol. The smallest absolute Gasteiger partial charge is 0.355 e. The number of alkyl halides is 3. The van der Waals surface area contributed by atoms with E-state index in [-0.39, 0.29) is 31.8 Å². The minimum atomic E-state index is -4.37. The quantitative estimate of drug-likeness (QED) is 0.452. The molecule has 34 heavy (non-hydrogen) atoms.